The van der Waals surface area contributed by atoms with Crippen molar-refractivity contribution in [3.05, 3.63) is 86.2 Å². The number of carbonyl (C=O) groups excluding carboxylic acids is 2. The lowest BCUT2D eigenvalue weighted by atomic mass is 10.1. The Morgan fingerprint density at radius 1 is 0.953 bits per heavy atom. The van der Waals surface area contributed by atoms with E-state index in [2.05, 4.69) is 16.9 Å². The van der Waals surface area contributed by atoms with E-state index in [1.807, 2.05) is 0 Å². The number of aromatic nitrogens is 4. The van der Waals surface area contributed by atoms with Crippen LogP contribution in [0.15, 0.2) is 57.6 Å². The topological polar surface area (TPSA) is 116 Å². The number of hydrogen-bond donors (Lipinski definition) is 0. The molecule has 0 fully saturated rings. The normalized spacial score (nSPS) is 11.0. The van der Waals surface area contributed by atoms with Crippen LogP contribution < -0.4 is 11.2 Å². The summed E-state index contributed by atoms with van der Waals surface area (Å²) in [6.07, 6.45) is 11.2. The third-order valence-electron chi connectivity index (χ3n) is 6.80. The van der Waals surface area contributed by atoms with Crippen molar-refractivity contribution in [2.45, 2.75) is 82.8 Å². The molecule has 0 saturated heterocycles. The van der Waals surface area contributed by atoms with Crippen LogP contribution in [-0.2, 0) is 39.6 Å². The molecule has 2 heterocycles. The van der Waals surface area contributed by atoms with Crippen molar-refractivity contribution in [2.24, 2.45) is 0 Å². The summed E-state index contributed by atoms with van der Waals surface area (Å²) >= 11 is 1.28. The molecule has 1 amide bonds. The third-order valence-corrected chi connectivity index (χ3v) is 7.86. The largest absolute Gasteiger partial charge is 0.465 e. The van der Waals surface area contributed by atoms with E-state index < -0.39 is 17.2 Å². The minimum absolute atomic E-state index is 0.0149. The van der Waals surface area contributed by atoms with Crippen molar-refractivity contribution >= 4 is 23.6 Å². The van der Waals surface area contributed by atoms with E-state index in [0.717, 1.165) is 29.4 Å². The smallest absolute Gasteiger partial charge is 0.348 e. The molecule has 0 aliphatic heterocycles. The van der Waals surface area contributed by atoms with Gasteiger partial charge in [-0.05, 0) is 36.6 Å². The summed E-state index contributed by atoms with van der Waals surface area (Å²) in [5.41, 5.74) is 0.582. The highest BCUT2D eigenvalue weighted by atomic mass is 32.2. The second kappa shape index (κ2) is 17.3. The maximum atomic E-state index is 13.4. The first kappa shape index (κ1) is 33.7. The van der Waals surface area contributed by atoms with E-state index in [9.17, 15) is 23.6 Å². The van der Waals surface area contributed by atoms with Crippen LogP contribution in [0.3, 0.4) is 0 Å². The predicted molar refractivity (Wildman–Crippen MR) is 163 cm³/mol. The van der Waals surface area contributed by atoms with Crippen LogP contribution in [0.5, 0.6) is 0 Å². The molecule has 10 nitrogen and oxygen atoms in total. The summed E-state index contributed by atoms with van der Waals surface area (Å²) in [4.78, 5) is 60.2. The van der Waals surface area contributed by atoms with Gasteiger partial charge < -0.3 is 14.2 Å². The van der Waals surface area contributed by atoms with Gasteiger partial charge in [0.1, 0.15) is 18.9 Å². The standard InChI is InChI=1S/C31H40FN5O5S/c1-4-6-7-8-9-10-15-35(3)27(38)20-37-19-25(16-24-17-33-30(41)36(18-24)21-28(39)42-5-2)29(40)34-31(37)43-22-23-11-13-26(32)14-12-23/h11-14,17-19H,4-10,15-16,20-22H2,1-3H3. The molecular formula is C31H40FN5O5S. The Bertz CT molecular complexity index is 1470. The summed E-state index contributed by atoms with van der Waals surface area (Å²) in [6.45, 7) is 4.36. The fraction of sp³-hybridized carbons (Fsp3) is 0.484. The lowest BCUT2D eigenvalue weighted by molar-refractivity contribution is -0.143. The minimum Gasteiger partial charge on any atom is -0.465 e. The Balaban J connectivity index is 1.81. The first-order valence-corrected chi connectivity index (χ1v) is 15.6. The molecule has 43 heavy (non-hydrogen) atoms. The fourth-order valence-corrected chi connectivity index (χ4v) is 5.31. The summed E-state index contributed by atoms with van der Waals surface area (Å²) in [5, 5.41) is 0.366. The van der Waals surface area contributed by atoms with Crippen molar-refractivity contribution in [3.63, 3.8) is 0 Å². The van der Waals surface area contributed by atoms with Gasteiger partial charge in [-0.25, -0.2) is 14.2 Å². The molecule has 0 aliphatic carbocycles. The van der Waals surface area contributed by atoms with E-state index >= 15 is 0 Å². The second-order valence-electron chi connectivity index (χ2n) is 10.3. The first-order chi connectivity index (χ1) is 20.7. The van der Waals surface area contributed by atoms with Gasteiger partial charge in [0.15, 0.2) is 5.16 Å². The maximum absolute atomic E-state index is 13.4. The zero-order valence-electron chi connectivity index (χ0n) is 25.1. The monoisotopic (exact) mass is 613 g/mol. The van der Waals surface area contributed by atoms with Crippen LogP contribution in [0.4, 0.5) is 4.39 Å². The molecule has 0 spiro atoms. The summed E-state index contributed by atoms with van der Waals surface area (Å²) < 4.78 is 21.1. The number of likely N-dealkylation sites (N-methyl/N-ethyl adjacent to an activating group) is 1. The van der Waals surface area contributed by atoms with E-state index in [0.29, 0.717) is 28.6 Å². The van der Waals surface area contributed by atoms with Crippen LogP contribution >= 0.6 is 11.8 Å². The number of hydrogen-bond acceptors (Lipinski definition) is 8. The number of nitrogens with zero attached hydrogens (tertiary/aromatic N) is 5. The van der Waals surface area contributed by atoms with Crippen LogP contribution in [0.1, 0.15) is 69.1 Å². The lowest BCUT2D eigenvalue weighted by Crippen LogP contribution is -2.32. The number of amides is 1. The maximum Gasteiger partial charge on any atom is 0.348 e. The number of unbranched alkanes of at least 4 members (excludes halogenated alkanes) is 5. The molecule has 0 N–H and O–H groups in total. The van der Waals surface area contributed by atoms with E-state index in [1.54, 1.807) is 41.8 Å². The Morgan fingerprint density at radius 3 is 2.40 bits per heavy atom. The molecule has 0 bridgehead atoms. The van der Waals surface area contributed by atoms with Gasteiger partial charge >= 0.3 is 11.7 Å². The van der Waals surface area contributed by atoms with Crippen molar-refractivity contribution in [3.8, 4) is 0 Å². The van der Waals surface area contributed by atoms with Crippen LogP contribution in [-0.4, -0.2) is 56.1 Å². The van der Waals surface area contributed by atoms with Crippen molar-refractivity contribution in [2.75, 3.05) is 20.2 Å². The molecule has 3 rings (SSSR count). The average molecular weight is 614 g/mol. The second-order valence-corrected chi connectivity index (χ2v) is 11.3. The molecule has 3 aromatic rings. The highest BCUT2D eigenvalue weighted by Gasteiger charge is 2.16. The van der Waals surface area contributed by atoms with Gasteiger partial charge in [0, 0.05) is 49.9 Å². The van der Waals surface area contributed by atoms with E-state index in [-0.39, 0.29) is 37.8 Å². The Labute approximate surface area is 255 Å². The zero-order valence-corrected chi connectivity index (χ0v) is 25.9. The number of halogens is 1. The van der Waals surface area contributed by atoms with Gasteiger partial charge in [-0.3, -0.25) is 19.0 Å². The Kier molecular flexibility index (Phi) is 13.6. The van der Waals surface area contributed by atoms with Crippen LogP contribution in [0.25, 0.3) is 0 Å². The molecule has 2 aromatic heterocycles. The number of carbonyl (C=O) groups is 2. The van der Waals surface area contributed by atoms with Crippen molar-refractivity contribution in [1.29, 1.82) is 0 Å². The SMILES string of the molecule is CCCCCCCCN(C)C(=O)Cn1cc(Cc2cnc(=O)n(CC(=O)OCC)c2)c(=O)nc1SCc1ccc(F)cc1. The fourth-order valence-electron chi connectivity index (χ4n) is 4.39. The number of thioether (sulfide) groups is 1. The van der Waals surface area contributed by atoms with Gasteiger partial charge in [-0.15, -0.1) is 0 Å². The van der Waals surface area contributed by atoms with Gasteiger partial charge in [0.25, 0.3) is 5.56 Å². The quantitative estimate of drug-likeness (QED) is 0.0963. The number of rotatable bonds is 17. The third kappa shape index (κ3) is 11.1. The highest BCUT2D eigenvalue weighted by Crippen LogP contribution is 2.21. The van der Waals surface area contributed by atoms with Gasteiger partial charge in [-0.1, -0.05) is 62.9 Å². The van der Waals surface area contributed by atoms with E-state index in [1.165, 1.54) is 55.6 Å². The number of esters is 1. The van der Waals surface area contributed by atoms with Gasteiger partial charge in [0.05, 0.1) is 6.61 Å². The average Bonchev–Trinajstić information content (AvgIpc) is 2.98. The molecule has 232 valence electrons. The lowest BCUT2D eigenvalue weighted by Gasteiger charge is -2.20. The van der Waals surface area contributed by atoms with E-state index in [4.69, 9.17) is 4.74 Å². The zero-order chi connectivity index (χ0) is 31.2. The Morgan fingerprint density at radius 2 is 1.67 bits per heavy atom. The molecular weight excluding hydrogens is 573 g/mol. The van der Waals surface area contributed by atoms with Crippen LogP contribution in [0.2, 0.25) is 0 Å². The Hall–Kier alpha value is -3.80. The van der Waals surface area contributed by atoms with Crippen LogP contribution in [0, 0.1) is 5.82 Å². The highest BCUT2D eigenvalue weighted by molar-refractivity contribution is 7.98. The summed E-state index contributed by atoms with van der Waals surface area (Å²) in [7, 11) is 1.77. The number of ether oxygens (including phenoxy) is 1. The van der Waals surface area contributed by atoms with Crippen molar-refractivity contribution in [1.82, 2.24) is 24.0 Å². The molecule has 0 radical (unpaired) electrons. The summed E-state index contributed by atoms with van der Waals surface area (Å²) in [5.74, 6) is -0.594. The molecule has 1 aromatic carbocycles. The molecule has 0 saturated carbocycles. The predicted octanol–water partition coefficient (Wildman–Crippen LogP) is 4.20. The first-order valence-electron chi connectivity index (χ1n) is 14.6. The molecule has 0 aliphatic rings. The summed E-state index contributed by atoms with van der Waals surface area (Å²) in [6, 6.07) is 6.07. The molecule has 0 atom stereocenters. The minimum atomic E-state index is -0.612. The van der Waals surface area contributed by atoms with Gasteiger partial charge in [0.2, 0.25) is 5.91 Å². The van der Waals surface area contributed by atoms with Crippen molar-refractivity contribution < 1.29 is 18.7 Å². The number of benzene rings is 1. The molecule has 0 unspecified atom stereocenters. The van der Waals surface area contributed by atoms with Gasteiger partial charge in [-0.2, -0.15) is 4.98 Å². The molecule has 12 heteroatoms.